The van der Waals surface area contributed by atoms with Gasteiger partial charge in [-0.15, -0.1) is 0 Å². The Kier molecular flexibility index (Phi) is 5.52. The molecule has 0 radical (unpaired) electrons. The van der Waals surface area contributed by atoms with E-state index in [9.17, 15) is 4.79 Å². The Bertz CT molecular complexity index is 1580. The van der Waals surface area contributed by atoms with E-state index in [2.05, 4.69) is 45.3 Å². The van der Waals surface area contributed by atoms with Crippen molar-refractivity contribution in [2.75, 3.05) is 12.4 Å². The highest BCUT2D eigenvalue weighted by atomic mass is 16.5. The maximum Gasteiger partial charge on any atom is 0.273 e. The molecule has 6 rings (SSSR count). The third-order valence-corrected chi connectivity index (χ3v) is 7.03. The molecule has 0 fully saturated rings. The molecule has 0 aliphatic heterocycles. The summed E-state index contributed by atoms with van der Waals surface area (Å²) in [7, 11) is 3.73. The minimum Gasteiger partial charge on any atom is -0.497 e. The molecular weight excluding hydrogens is 450 g/mol. The first-order valence-electron chi connectivity index (χ1n) is 12.2. The average Bonchev–Trinajstić information content (AvgIpc) is 3.49. The predicted molar refractivity (Wildman–Crippen MR) is 141 cm³/mol. The van der Waals surface area contributed by atoms with Gasteiger partial charge in [0, 0.05) is 30.3 Å². The number of hydrogen-bond donors (Lipinski definition) is 2. The first-order valence-corrected chi connectivity index (χ1v) is 12.2. The first kappa shape index (κ1) is 22.1. The number of carbonyl (C=O) groups excluding carboxylic acids is 1. The van der Waals surface area contributed by atoms with Gasteiger partial charge in [0.2, 0.25) is 0 Å². The lowest BCUT2D eigenvalue weighted by Gasteiger charge is -2.17. The molecule has 2 aromatic heterocycles. The van der Waals surface area contributed by atoms with Gasteiger partial charge in [0.1, 0.15) is 17.3 Å². The predicted octanol–water partition coefficient (Wildman–Crippen LogP) is 5.11. The zero-order chi connectivity index (χ0) is 24.6. The second-order valence-electron chi connectivity index (χ2n) is 9.18. The van der Waals surface area contributed by atoms with Gasteiger partial charge in [0.25, 0.3) is 5.91 Å². The maximum absolute atomic E-state index is 13.1. The highest BCUT2D eigenvalue weighted by Gasteiger charge is 2.25. The molecule has 2 N–H and O–H groups in total. The molecule has 0 saturated carbocycles. The highest BCUT2D eigenvalue weighted by molar-refractivity contribution is 6.05. The molecule has 5 aromatic rings. The monoisotopic (exact) mass is 477 g/mol. The summed E-state index contributed by atoms with van der Waals surface area (Å²) in [6.45, 7) is 0. The molecule has 0 spiro atoms. The maximum atomic E-state index is 13.1. The third kappa shape index (κ3) is 3.92. The van der Waals surface area contributed by atoms with E-state index in [1.165, 1.54) is 11.1 Å². The number of methoxy groups -OCH3 is 1. The van der Waals surface area contributed by atoms with Crippen LogP contribution in [0.15, 0.2) is 66.7 Å². The number of aromatic nitrogens is 4. The number of amides is 1. The number of para-hydroxylation sites is 2. The van der Waals surface area contributed by atoms with Crippen LogP contribution in [0.3, 0.4) is 0 Å². The molecule has 180 valence electrons. The molecule has 2 heterocycles. The van der Waals surface area contributed by atoms with Gasteiger partial charge < -0.3 is 14.6 Å². The average molecular weight is 478 g/mol. The molecule has 1 amide bonds. The second-order valence-corrected chi connectivity index (χ2v) is 9.18. The summed E-state index contributed by atoms with van der Waals surface area (Å²) in [5, 5.41) is 10.5. The number of ether oxygens (including phenoxy) is 1. The van der Waals surface area contributed by atoms with Gasteiger partial charge >= 0.3 is 0 Å². The van der Waals surface area contributed by atoms with Gasteiger partial charge in [-0.3, -0.25) is 9.89 Å². The van der Waals surface area contributed by atoms with Crippen LogP contribution in [-0.2, 0) is 32.7 Å². The molecule has 0 unspecified atom stereocenters. The summed E-state index contributed by atoms with van der Waals surface area (Å²) >= 11 is 0. The van der Waals surface area contributed by atoms with Crippen LogP contribution in [0.4, 0.5) is 5.69 Å². The fraction of sp³-hybridized carbons (Fsp3) is 0.207. The van der Waals surface area contributed by atoms with Crippen LogP contribution in [0.1, 0.15) is 33.0 Å². The van der Waals surface area contributed by atoms with Crippen LogP contribution in [0.2, 0.25) is 0 Å². The number of anilines is 1. The summed E-state index contributed by atoms with van der Waals surface area (Å²) in [5.74, 6) is 1.73. The van der Waals surface area contributed by atoms with Crippen molar-refractivity contribution < 1.29 is 9.53 Å². The third-order valence-electron chi connectivity index (χ3n) is 7.03. The quantitative estimate of drug-likeness (QED) is 0.356. The van der Waals surface area contributed by atoms with Gasteiger partial charge in [-0.2, -0.15) is 5.10 Å². The Hall–Kier alpha value is -4.39. The zero-order valence-electron chi connectivity index (χ0n) is 20.3. The van der Waals surface area contributed by atoms with E-state index in [1.807, 2.05) is 48.5 Å². The van der Waals surface area contributed by atoms with Crippen molar-refractivity contribution in [1.82, 2.24) is 19.7 Å². The van der Waals surface area contributed by atoms with Gasteiger partial charge in [0.15, 0.2) is 0 Å². The number of imidazole rings is 1. The molecule has 0 saturated heterocycles. The van der Waals surface area contributed by atoms with Gasteiger partial charge in [-0.05, 0) is 72.9 Å². The molecule has 7 heteroatoms. The lowest BCUT2D eigenvalue weighted by Crippen LogP contribution is -2.15. The van der Waals surface area contributed by atoms with Crippen LogP contribution in [-0.4, -0.2) is 32.8 Å². The van der Waals surface area contributed by atoms with Crippen LogP contribution in [0.25, 0.3) is 22.3 Å². The number of benzene rings is 3. The van der Waals surface area contributed by atoms with Crippen molar-refractivity contribution in [3.05, 3.63) is 94.9 Å². The summed E-state index contributed by atoms with van der Waals surface area (Å²) in [4.78, 5) is 17.8. The Morgan fingerprint density at radius 1 is 1.06 bits per heavy atom. The molecular formula is C29H27N5O2. The fourth-order valence-corrected chi connectivity index (χ4v) is 5.04. The van der Waals surface area contributed by atoms with Gasteiger partial charge in [-0.25, -0.2) is 4.98 Å². The summed E-state index contributed by atoms with van der Waals surface area (Å²) < 4.78 is 7.50. The molecule has 1 aliphatic carbocycles. The molecule has 3 aromatic carbocycles. The summed E-state index contributed by atoms with van der Waals surface area (Å²) in [6, 6.07) is 22.2. The number of nitrogens with zero attached hydrogens (tertiary/aromatic N) is 3. The Balaban J connectivity index is 1.13. The second kappa shape index (κ2) is 9.00. The Labute approximate surface area is 209 Å². The van der Waals surface area contributed by atoms with E-state index in [-0.39, 0.29) is 5.91 Å². The SMILES string of the molecule is COc1ccc2c(c1)CCc1c-2n[nH]c1C(=O)Nc1ccc(CCc2nc3ccccc3n2C)cc1. The molecule has 1 aliphatic rings. The Morgan fingerprint density at radius 2 is 1.89 bits per heavy atom. The van der Waals surface area contributed by atoms with Crippen LogP contribution in [0.5, 0.6) is 5.75 Å². The number of nitrogens with one attached hydrogen (secondary N) is 2. The van der Waals surface area contributed by atoms with Crippen LogP contribution >= 0.6 is 0 Å². The van der Waals surface area contributed by atoms with E-state index in [0.29, 0.717) is 5.69 Å². The van der Waals surface area contributed by atoms with Gasteiger partial charge in [-0.1, -0.05) is 24.3 Å². The summed E-state index contributed by atoms with van der Waals surface area (Å²) in [6.07, 6.45) is 3.34. The van der Waals surface area contributed by atoms with Crippen molar-refractivity contribution in [1.29, 1.82) is 0 Å². The van der Waals surface area contributed by atoms with E-state index in [1.54, 1.807) is 7.11 Å². The zero-order valence-corrected chi connectivity index (χ0v) is 20.3. The summed E-state index contributed by atoms with van der Waals surface area (Å²) in [5.41, 5.74) is 8.71. The number of aryl methyl sites for hydroxylation is 4. The number of aromatic amines is 1. The van der Waals surface area contributed by atoms with Crippen LogP contribution < -0.4 is 10.1 Å². The molecule has 7 nitrogen and oxygen atoms in total. The normalized spacial score (nSPS) is 12.3. The van der Waals surface area contributed by atoms with E-state index >= 15 is 0 Å². The Morgan fingerprint density at radius 3 is 2.69 bits per heavy atom. The van der Waals surface area contributed by atoms with E-state index < -0.39 is 0 Å². The number of hydrogen-bond acceptors (Lipinski definition) is 4. The lowest BCUT2D eigenvalue weighted by molar-refractivity contribution is 0.102. The minimum atomic E-state index is -0.173. The molecule has 0 bridgehead atoms. The topological polar surface area (TPSA) is 84.8 Å². The van der Waals surface area contributed by atoms with Crippen molar-refractivity contribution >= 4 is 22.6 Å². The standard InChI is InChI=1S/C29H27N5O2/c1-34-25-6-4-3-5-24(25)31-26(34)16-9-18-7-11-20(12-8-18)30-29(35)28-23-14-10-19-17-21(36-2)13-15-22(19)27(23)32-33-28/h3-8,11-13,15,17H,9-10,14,16H2,1-2H3,(H,30,35)(H,32,33). The number of rotatable bonds is 6. The van der Waals surface area contributed by atoms with Crippen molar-refractivity contribution in [3.8, 4) is 17.0 Å². The van der Waals surface area contributed by atoms with E-state index in [4.69, 9.17) is 9.72 Å². The van der Waals surface area contributed by atoms with Crippen molar-refractivity contribution in [3.63, 3.8) is 0 Å². The first-order chi connectivity index (χ1) is 17.6. The number of H-pyrrole nitrogens is 1. The smallest absolute Gasteiger partial charge is 0.273 e. The lowest BCUT2D eigenvalue weighted by atomic mass is 9.89. The van der Waals surface area contributed by atoms with Crippen molar-refractivity contribution in [2.24, 2.45) is 7.05 Å². The largest absolute Gasteiger partial charge is 0.497 e. The van der Waals surface area contributed by atoms with Gasteiger partial charge in [0.05, 0.1) is 23.8 Å². The number of carbonyl (C=O) groups is 1. The van der Waals surface area contributed by atoms with E-state index in [0.717, 1.165) is 70.8 Å². The highest BCUT2D eigenvalue weighted by Crippen LogP contribution is 2.35. The van der Waals surface area contributed by atoms with Crippen LogP contribution in [0, 0.1) is 0 Å². The van der Waals surface area contributed by atoms with Crippen molar-refractivity contribution in [2.45, 2.75) is 25.7 Å². The molecule has 0 atom stereocenters. The number of fused-ring (bicyclic) bond motifs is 4. The fourth-order valence-electron chi connectivity index (χ4n) is 5.04. The minimum absolute atomic E-state index is 0.173. The molecule has 36 heavy (non-hydrogen) atoms.